The number of para-hydroxylation sites is 1. The van der Waals surface area contributed by atoms with Gasteiger partial charge in [0.2, 0.25) is 0 Å². The summed E-state index contributed by atoms with van der Waals surface area (Å²) in [6.07, 6.45) is -3.21. The van der Waals surface area contributed by atoms with E-state index in [4.69, 9.17) is 9.47 Å². The van der Waals surface area contributed by atoms with Gasteiger partial charge in [-0.05, 0) is 25.3 Å². The summed E-state index contributed by atoms with van der Waals surface area (Å²) in [6.45, 7) is 6.40. The summed E-state index contributed by atoms with van der Waals surface area (Å²) in [5.41, 5.74) is -0.228. The lowest BCUT2D eigenvalue weighted by atomic mass is 9.75. The first kappa shape index (κ1) is 19.2. The van der Waals surface area contributed by atoms with Crippen LogP contribution in [0.1, 0.15) is 39.2 Å². The number of fused-ring (bicyclic) bond motifs is 2. The molecule has 3 nitrogen and oxygen atoms in total. The minimum atomic E-state index is -4.71. The van der Waals surface area contributed by atoms with Gasteiger partial charge < -0.3 is 14.2 Å². The number of ether oxygens (including phenoxy) is 3. The van der Waals surface area contributed by atoms with Gasteiger partial charge in [-0.25, -0.2) is 0 Å². The van der Waals surface area contributed by atoms with Crippen LogP contribution in [-0.4, -0.2) is 27.6 Å². The van der Waals surface area contributed by atoms with Gasteiger partial charge in [-0.15, -0.1) is 13.2 Å². The van der Waals surface area contributed by atoms with E-state index in [1.165, 1.54) is 12.1 Å². The third-order valence-corrected chi connectivity index (χ3v) is 6.83. The quantitative estimate of drug-likeness (QED) is 0.435. The van der Waals surface area contributed by atoms with E-state index in [2.05, 4.69) is 41.2 Å². The molecule has 2 saturated heterocycles. The summed E-state index contributed by atoms with van der Waals surface area (Å²) in [6, 6.07) is 6.09. The van der Waals surface area contributed by atoms with Gasteiger partial charge in [0.15, 0.2) is 0 Å². The molecule has 4 atom stereocenters. The van der Waals surface area contributed by atoms with Crippen LogP contribution >= 0.6 is 22.6 Å². The minimum absolute atomic E-state index is 0.0654. The van der Waals surface area contributed by atoms with Crippen LogP contribution < -0.4 is 4.74 Å². The monoisotopic (exact) mass is 470 g/mol. The SMILES string of the molecule is CC(C)[C@]12C[C@@H](OCc3ccccc3OC(F)(F)F)[C@](C)(C[C@@H]1I)O2. The summed E-state index contributed by atoms with van der Waals surface area (Å²) in [5, 5.41) is 0. The van der Waals surface area contributed by atoms with Crippen molar-refractivity contribution in [1.82, 2.24) is 0 Å². The average molecular weight is 470 g/mol. The van der Waals surface area contributed by atoms with Gasteiger partial charge in [-0.3, -0.25) is 0 Å². The highest BCUT2D eigenvalue weighted by Gasteiger charge is 2.65. The van der Waals surface area contributed by atoms with Crippen molar-refractivity contribution in [3.8, 4) is 5.75 Å². The lowest BCUT2D eigenvalue weighted by Crippen LogP contribution is -2.44. The smallest absolute Gasteiger partial charge is 0.405 e. The normalized spacial score (nSPS) is 34.7. The van der Waals surface area contributed by atoms with E-state index in [0.29, 0.717) is 15.4 Å². The molecule has 0 amide bonds. The molecule has 0 aromatic heterocycles. The Hall–Kier alpha value is -0.540. The number of halogens is 4. The molecule has 1 aromatic carbocycles. The van der Waals surface area contributed by atoms with Crippen molar-refractivity contribution in [3.05, 3.63) is 29.8 Å². The summed E-state index contributed by atoms with van der Waals surface area (Å²) in [4.78, 5) is 0. The Morgan fingerprint density at radius 1 is 1.28 bits per heavy atom. The molecule has 2 fully saturated rings. The highest BCUT2D eigenvalue weighted by molar-refractivity contribution is 14.1. The third-order valence-electron chi connectivity index (χ3n) is 5.34. The second-order valence-corrected chi connectivity index (χ2v) is 8.86. The zero-order valence-electron chi connectivity index (χ0n) is 14.4. The molecule has 0 aliphatic carbocycles. The minimum Gasteiger partial charge on any atom is -0.405 e. The molecular formula is C18H22F3IO3. The predicted octanol–water partition coefficient (Wildman–Crippen LogP) is 5.25. The number of hydrogen-bond donors (Lipinski definition) is 0. The Morgan fingerprint density at radius 2 is 1.96 bits per heavy atom. The van der Waals surface area contributed by atoms with Crippen molar-refractivity contribution in [2.45, 2.75) is 67.8 Å². The molecule has 2 aliphatic heterocycles. The molecule has 25 heavy (non-hydrogen) atoms. The Bertz CT molecular complexity index is 636. The third kappa shape index (κ3) is 3.64. The van der Waals surface area contributed by atoms with Crippen molar-refractivity contribution in [2.24, 2.45) is 5.92 Å². The van der Waals surface area contributed by atoms with E-state index in [-0.39, 0.29) is 24.1 Å². The van der Waals surface area contributed by atoms with E-state index in [1.807, 2.05) is 6.92 Å². The Labute approximate surface area is 159 Å². The molecule has 3 rings (SSSR count). The molecule has 0 unspecified atom stereocenters. The second kappa shape index (κ2) is 6.56. The summed E-state index contributed by atoms with van der Waals surface area (Å²) in [7, 11) is 0. The number of benzene rings is 1. The summed E-state index contributed by atoms with van der Waals surface area (Å²) >= 11 is 2.45. The molecule has 0 radical (unpaired) electrons. The molecule has 1 aromatic rings. The Morgan fingerprint density at radius 3 is 2.56 bits per heavy atom. The van der Waals surface area contributed by atoms with E-state index in [0.717, 1.165) is 12.8 Å². The van der Waals surface area contributed by atoms with Gasteiger partial charge in [-0.2, -0.15) is 0 Å². The van der Waals surface area contributed by atoms with Gasteiger partial charge in [-0.1, -0.05) is 54.6 Å². The number of hydrogen-bond acceptors (Lipinski definition) is 3. The largest absolute Gasteiger partial charge is 0.573 e. The van der Waals surface area contributed by atoms with Crippen molar-refractivity contribution in [2.75, 3.05) is 0 Å². The van der Waals surface area contributed by atoms with E-state index >= 15 is 0 Å². The second-order valence-electron chi connectivity index (χ2n) is 7.36. The molecule has 2 bridgehead atoms. The Balaban J connectivity index is 1.72. The molecule has 2 heterocycles. The van der Waals surface area contributed by atoms with Crippen molar-refractivity contribution in [1.29, 1.82) is 0 Å². The predicted molar refractivity (Wildman–Crippen MR) is 95.8 cm³/mol. The van der Waals surface area contributed by atoms with Crippen LogP contribution in [0.4, 0.5) is 13.2 Å². The molecule has 2 aliphatic rings. The molecule has 0 saturated carbocycles. The van der Waals surface area contributed by atoms with Crippen LogP contribution in [-0.2, 0) is 16.1 Å². The van der Waals surface area contributed by atoms with Crippen LogP contribution in [0.3, 0.4) is 0 Å². The van der Waals surface area contributed by atoms with Gasteiger partial charge in [0, 0.05) is 15.9 Å². The van der Waals surface area contributed by atoms with Gasteiger partial charge >= 0.3 is 6.36 Å². The fourth-order valence-corrected chi connectivity index (χ4v) is 5.90. The maximum Gasteiger partial charge on any atom is 0.573 e. The van der Waals surface area contributed by atoms with Crippen LogP contribution in [0.5, 0.6) is 5.75 Å². The average Bonchev–Trinajstić information content (AvgIpc) is 2.93. The molecule has 140 valence electrons. The first-order chi connectivity index (χ1) is 11.6. The topological polar surface area (TPSA) is 27.7 Å². The highest BCUT2D eigenvalue weighted by atomic mass is 127. The van der Waals surface area contributed by atoms with Crippen molar-refractivity contribution >= 4 is 22.6 Å². The molecule has 0 spiro atoms. The summed E-state index contributed by atoms with van der Waals surface area (Å²) in [5.74, 6) is 0.139. The first-order valence-electron chi connectivity index (χ1n) is 8.35. The fourth-order valence-electron chi connectivity index (χ4n) is 3.93. The van der Waals surface area contributed by atoms with Gasteiger partial charge in [0.1, 0.15) is 5.75 Å². The fraction of sp³-hybridized carbons (Fsp3) is 0.667. The number of rotatable bonds is 5. The van der Waals surface area contributed by atoms with Crippen LogP contribution in [0.15, 0.2) is 24.3 Å². The van der Waals surface area contributed by atoms with E-state index in [9.17, 15) is 13.2 Å². The maximum absolute atomic E-state index is 12.5. The van der Waals surface area contributed by atoms with Gasteiger partial charge in [0.25, 0.3) is 0 Å². The lowest BCUT2D eigenvalue weighted by molar-refractivity contribution is -0.275. The highest BCUT2D eigenvalue weighted by Crippen LogP contribution is 2.57. The molecule has 0 N–H and O–H groups in total. The Kier molecular flexibility index (Phi) is 5.05. The maximum atomic E-state index is 12.5. The van der Waals surface area contributed by atoms with Crippen LogP contribution in [0.2, 0.25) is 0 Å². The molecule has 7 heteroatoms. The zero-order chi connectivity index (χ0) is 18.5. The van der Waals surface area contributed by atoms with E-state index < -0.39 is 12.0 Å². The summed E-state index contributed by atoms with van der Waals surface area (Å²) < 4.78 is 54.6. The molecular weight excluding hydrogens is 448 g/mol. The van der Waals surface area contributed by atoms with Crippen LogP contribution in [0, 0.1) is 5.92 Å². The zero-order valence-corrected chi connectivity index (χ0v) is 16.6. The first-order valence-corrected chi connectivity index (χ1v) is 9.60. The standard InChI is InChI=1S/C18H22F3IO3/c1-11(2)17-9-15(16(3,25-17)8-14(17)22)23-10-12-6-4-5-7-13(12)24-18(19,20)21/h4-7,11,14-15H,8-10H2,1-3H3/t14-,15+,16-,17+/m0/s1. The lowest BCUT2D eigenvalue weighted by Gasteiger charge is -2.35. The van der Waals surface area contributed by atoms with Crippen molar-refractivity contribution < 1.29 is 27.4 Å². The van der Waals surface area contributed by atoms with Crippen LogP contribution in [0.25, 0.3) is 0 Å². The van der Waals surface area contributed by atoms with E-state index in [1.54, 1.807) is 12.1 Å². The number of alkyl halides is 4. The van der Waals surface area contributed by atoms with Crippen molar-refractivity contribution in [3.63, 3.8) is 0 Å². The van der Waals surface area contributed by atoms with Gasteiger partial charge in [0.05, 0.1) is 23.9 Å².